The normalized spacial score (nSPS) is 17.0. The van der Waals surface area contributed by atoms with E-state index < -0.39 is 0 Å². The maximum atomic E-state index is 11.9. The van der Waals surface area contributed by atoms with E-state index in [4.69, 9.17) is 0 Å². The number of benzene rings is 1. The van der Waals surface area contributed by atoms with Gasteiger partial charge >= 0.3 is 6.03 Å². The summed E-state index contributed by atoms with van der Waals surface area (Å²) in [5.74, 6) is 0. The highest BCUT2D eigenvalue weighted by atomic mass is 16.3. The fourth-order valence-electron chi connectivity index (χ4n) is 2.79. The summed E-state index contributed by atoms with van der Waals surface area (Å²) in [5, 5.41) is 15.2. The fourth-order valence-corrected chi connectivity index (χ4v) is 2.79. The second-order valence-corrected chi connectivity index (χ2v) is 6.15. The average molecular weight is 290 g/mol. The highest BCUT2D eigenvalue weighted by Crippen LogP contribution is 2.48. The summed E-state index contributed by atoms with van der Waals surface area (Å²) >= 11 is 0. The second kappa shape index (κ2) is 7.46. The lowest BCUT2D eigenvalue weighted by molar-refractivity contribution is 0.213. The Labute approximate surface area is 126 Å². The van der Waals surface area contributed by atoms with Gasteiger partial charge in [-0.15, -0.1) is 0 Å². The van der Waals surface area contributed by atoms with Crippen molar-refractivity contribution in [2.75, 3.05) is 13.2 Å². The number of hydrogen-bond donors (Lipinski definition) is 3. The molecule has 1 aromatic carbocycles. The second-order valence-electron chi connectivity index (χ2n) is 6.15. The van der Waals surface area contributed by atoms with Crippen LogP contribution in [0.25, 0.3) is 0 Å². The van der Waals surface area contributed by atoms with Gasteiger partial charge in [-0.05, 0) is 36.7 Å². The van der Waals surface area contributed by atoms with E-state index in [-0.39, 0.29) is 18.7 Å². The van der Waals surface area contributed by atoms with Crippen LogP contribution in [0.1, 0.15) is 38.2 Å². The lowest BCUT2D eigenvalue weighted by atomic mass is 10.0. The quantitative estimate of drug-likeness (QED) is 0.689. The van der Waals surface area contributed by atoms with E-state index in [0.29, 0.717) is 11.8 Å². The zero-order valence-corrected chi connectivity index (χ0v) is 12.8. The van der Waals surface area contributed by atoms with E-state index in [0.717, 1.165) is 18.5 Å². The van der Waals surface area contributed by atoms with Crippen molar-refractivity contribution >= 4 is 6.03 Å². The Balaban J connectivity index is 1.75. The highest BCUT2D eigenvalue weighted by molar-refractivity contribution is 5.74. The predicted molar refractivity (Wildman–Crippen MR) is 84.1 cm³/mol. The maximum Gasteiger partial charge on any atom is 0.315 e. The first-order valence-corrected chi connectivity index (χ1v) is 7.86. The lowest BCUT2D eigenvalue weighted by Crippen LogP contribution is -2.46. The number of carbonyl (C=O) groups excluding carboxylic acids is 1. The third-order valence-electron chi connectivity index (χ3n) is 4.24. The molecule has 1 aliphatic carbocycles. The summed E-state index contributed by atoms with van der Waals surface area (Å²) in [7, 11) is 0. The number of aliphatic hydroxyl groups is 1. The molecule has 0 bridgehead atoms. The van der Waals surface area contributed by atoms with Crippen molar-refractivity contribution in [3.8, 4) is 0 Å². The summed E-state index contributed by atoms with van der Waals surface area (Å²) in [6, 6.07) is 9.48. The monoisotopic (exact) mass is 290 g/mol. The fraction of sp³-hybridized carbons (Fsp3) is 0.588. The van der Waals surface area contributed by atoms with Crippen molar-refractivity contribution in [2.45, 2.75) is 45.1 Å². The molecule has 3 N–H and O–H groups in total. The van der Waals surface area contributed by atoms with Crippen LogP contribution < -0.4 is 10.6 Å². The molecule has 0 radical (unpaired) electrons. The number of nitrogens with one attached hydrogen (secondary N) is 2. The minimum absolute atomic E-state index is 0.0532. The number of aliphatic hydroxyl groups excluding tert-OH is 1. The van der Waals surface area contributed by atoms with Gasteiger partial charge in [-0.25, -0.2) is 4.79 Å². The van der Waals surface area contributed by atoms with Crippen molar-refractivity contribution in [3.05, 3.63) is 35.9 Å². The Morgan fingerprint density at radius 1 is 1.33 bits per heavy atom. The van der Waals surface area contributed by atoms with Crippen LogP contribution in [-0.2, 0) is 6.42 Å². The predicted octanol–water partition coefficient (Wildman–Crippen LogP) is 2.47. The van der Waals surface area contributed by atoms with E-state index in [9.17, 15) is 9.90 Å². The van der Waals surface area contributed by atoms with Gasteiger partial charge in [0.05, 0.1) is 12.6 Å². The Kier molecular flexibility index (Phi) is 5.62. The third kappa shape index (κ3) is 5.05. The molecule has 1 aromatic rings. The van der Waals surface area contributed by atoms with E-state index in [1.807, 2.05) is 30.3 Å². The van der Waals surface area contributed by atoms with Gasteiger partial charge in [-0.3, -0.25) is 0 Å². The SMILES string of the molecule is CCCC1(CNC(=O)NC(CO)Cc2ccccc2)CC1. The van der Waals surface area contributed by atoms with Crippen LogP contribution in [0.3, 0.4) is 0 Å². The Bertz CT molecular complexity index is 443. The molecule has 2 rings (SSSR count). The van der Waals surface area contributed by atoms with Crippen LogP contribution in [0.15, 0.2) is 30.3 Å². The van der Waals surface area contributed by atoms with Crippen molar-refractivity contribution < 1.29 is 9.90 Å². The van der Waals surface area contributed by atoms with Gasteiger partial charge in [0.25, 0.3) is 0 Å². The molecule has 2 amide bonds. The molecule has 1 saturated carbocycles. The van der Waals surface area contributed by atoms with Gasteiger partial charge in [-0.2, -0.15) is 0 Å². The maximum absolute atomic E-state index is 11.9. The number of urea groups is 1. The number of rotatable bonds is 8. The summed E-state index contributed by atoms with van der Waals surface area (Å²) in [6.45, 7) is 2.88. The zero-order valence-electron chi connectivity index (χ0n) is 12.8. The first-order valence-electron chi connectivity index (χ1n) is 7.86. The number of amides is 2. The molecule has 1 fully saturated rings. The standard InChI is InChI=1S/C17H26N2O2/c1-2-8-17(9-10-17)13-18-16(21)19-15(12-20)11-14-6-4-3-5-7-14/h3-7,15,20H,2,8-13H2,1H3,(H2,18,19,21). The minimum atomic E-state index is -0.242. The topological polar surface area (TPSA) is 61.4 Å². The molecule has 4 nitrogen and oxygen atoms in total. The molecule has 0 aromatic heterocycles. The van der Waals surface area contributed by atoms with Crippen molar-refractivity contribution in [3.63, 3.8) is 0 Å². The summed E-state index contributed by atoms with van der Waals surface area (Å²) < 4.78 is 0. The van der Waals surface area contributed by atoms with E-state index >= 15 is 0 Å². The van der Waals surface area contributed by atoms with Crippen LogP contribution in [-0.4, -0.2) is 30.3 Å². The van der Waals surface area contributed by atoms with Crippen LogP contribution in [0.5, 0.6) is 0 Å². The molecule has 1 aliphatic rings. The smallest absolute Gasteiger partial charge is 0.315 e. The minimum Gasteiger partial charge on any atom is -0.394 e. The number of carbonyl (C=O) groups is 1. The molecule has 4 heteroatoms. The van der Waals surface area contributed by atoms with Gasteiger partial charge < -0.3 is 15.7 Å². The number of hydrogen-bond acceptors (Lipinski definition) is 2. The molecule has 0 heterocycles. The van der Waals surface area contributed by atoms with Gasteiger partial charge in [0.2, 0.25) is 0 Å². The van der Waals surface area contributed by atoms with Crippen LogP contribution in [0.4, 0.5) is 4.79 Å². The molecular weight excluding hydrogens is 264 g/mol. The molecule has 0 saturated heterocycles. The van der Waals surface area contributed by atoms with Gasteiger partial charge in [0.15, 0.2) is 0 Å². The molecule has 1 unspecified atom stereocenters. The van der Waals surface area contributed by atoms with Gasteiger partial charge in [0.1, 0.15) is 0 Å². The summed E-state index contributed by atoms with van der Waals surface area (Å²) in [4.78, 5) is 11.9. The Hall–Kier alpha value is -1.55. The molecule has 1 atom stereocenters. The summed E-state index contributed by atoms with van der Waals surface area (Å²) in [5.41, 5.74) is 1.46. The lowest BCUT2D eigenvalue weighted by Gasteiger charge is -2.19. The first-order chi connectivity index (χ1) is 10.2. The third-order valence-corrected chi connectivity index (χ3v) is 4.24. The van der Waals surface area contributed by atoms with Crippen molar-refractivity contribution in [2.24, 2.45) is 5.41 Å². The van der Waals surface area contributed by atoms with Crippen LogP contribution in [0, 0.1) is 5.41 Å². The zero-order chi connectivity index (χ0) is 15.1. The van der Waals surface area contributed by atoms with Crippen LogP contribution in [0.2, 0.25) is 0 Å². The average Bonchev–Trinajstić information content (AvgIpc) is 3.26. The van der Waals surface area contributed by atoms with Crippen LogP contribution >= 0.6 is 0 Å². The molecule has 0 aliphatic heterocycles. The van der Waals surface area contributed by atoms with Crippen molar-refractivity contribution in [1.82, 2.24) is 10.6 Å². The van der Waals surface area contributed by atoms with Gasteiger partial charge in [-0.1, -0.05) is 43.7 Å². The van der Waals surface area contributed by atoms with E-state index in [1.54, 1.807) is 0 Å². The molecule has 116 valence electrons. The Morgan fingerprint density at radius 2 is 2.05 bits per heavy atom. The van der Waals surface area contributed by atoms with Crippen molar-refractivity contribution in [1.29, 1.82) is 0 Å². The largest absolute Gasteiger partial charge is 0.394 e. The molecule has 21 heavy (non-hydrogen) atoms. The highest BCUT2D eigenvalue weighted by Gasteiger charge is 2.41. The van der Waals surface area contributed by atoms with Gasteiger partial charge in [0, 0.05) is 6.54 Å². The Morgan fingerprint density at radius 3 is 2.62 bits per heavy atom. The molecular formula is C17H26N2O2. The summed E-state index contributed by atoms with van der Waals surface area (Å²) in [6.07, 6.45) is 5.42. The first kappa shape index (κ1) is 15.8. The van der Waals surface area contributed by atoms with E-state index in [1.165, 1.54) is 19.3 Å². The van der Waals surface area contributed by atoms with E-state index in [2.05, 4.69) is 17.6 Å². The molecule has 0 spiro atoms.